The van der Waals surface area contributed by atoms with E-state index in [1.54, 1.807) is 18.2 Å². The molecule has 1 fully saturated rings. The van der Waals surface area contributed by atoms with Crippen LogP contribution in [0.25, 0.3) is 23.1 Å². The molecule has 1 N–H and O–H groups in total. The van der Waals surface area contributed by atoms with Gasteiger partial charge in [-0.2, -0.15) is 13.2 Å². The van der Waals surface area contributed by atoms with Crippen molar-refractivity contribution in [2.75, 3.05) is 44.7 Å². The second-order valence-corrected chi connectivity index (χ2v) is 8.70. The molecule has 0 radical (unpaired) electrons. The number of ether oxygens (including phenoxy) is 1. The van der Waals surface area contributed by atoms with Crippen LogP contribution in [-0.2, 0) is 10.9 Å². The number of unbranched alkanes of at least 4 members (excludes halogenated alkanes) is 1. The van der Waals surface area contributed by atoms with Crippen molar-refractivity contribution >= 4 is 40.3 Å². The van der Waals surface area contributed by atoms with Crippen LogP contribution in [0.4, 0.5) is 18.9 Å². The van der Waals surface area contributed by atoms with Gasteiger partial charge in [0, 0.05) is 35.7 Å². The SMILES string of the molecule is FC(F)(F)c1ccccc1/C=C/c1cc(NCCCCN2CCOCC2)c2cc(Cl)ccc2n1. The lowest BCUT2D eigenvalue weighted by Gasteiger charge is -2.26. The molecule has 1 aromatic heterocycles. The Kier molecular flexibility index (Phi) is 8.08. The highest BCUT2D eigenvalue weighted by Crippen LogP contribution is 2.33. The summed E-state index contributed by atoms with van der Waals surface area (Å²) < 4.78 is 45.4. The molecule has 1 saturated heterocycles. The van der Waals surface area contributed by atoms with Crippen molar-refractivity contribution in [2.45, 2.75) is 19.0 Å². The fourth-order valence-electron chi connectivity index (χ4n) is 4.03. The van der Waals surface area contributed by atoms with Crippen LogP contribution >= 0.6 is 11.6 Å². The van der Waals surface area contributed by atoms with Gasteiger partial charge in [0.25, 0.3) is 0 Å². The number of alkyl halides is 3. The molecule has 8 heteroatoms. The van der Waals surface area contributed by atoms with Crippen LogP contribution in [0.1, 0.15) is 29.7 Å². The van der Waals surface area contributed by atoms with Gasteiger partial charge in [-0.15, -0.1) is 0 Å². The largest absolute Gasteiger partial charge is 0.416 e. The van der Waals surface area contributed by atoms with Gasteiger partial charge in [-0.3, -0.25) is 4.90 Å². The van der Waals surface area contributed by atoms with Crippen molar-refractivity contribution in [1.82, 2.24) is 9.88 Å². The van der Waals surface area contributed by atoms with E-state index in [0.29, 0.717) is 10.7 Å². The topological polar surface area (TPSA) is 37.4 Å². The lowest BCUT2D eigenvalue weighted by Crippen LogP contribution is -2.36. The summed E-state index contributed by atoms with van der Waals surface area (Å²) in [4.78, 5) is 7.01. The van der Waals surface area contributed by atoms with Gasteiger partial charge in [-0.25, -0.2) is 4.98 Å². The van der Waals surface area contributed by atoms with Crippen LogP contribution in [0, 0.1) is 0 Å². The normalized spacial score (nSPS) is 15.3. The quantitative estimate of drug-likeness (QED) is 0.362. The Hall–Kier alpha value is -2.61. The number of benzene rings is 2. The molecule has 4 rings (SSSR count). The Morgan fingerprint density at radius 2 is 1.82 bits per heavy atom. The predicted octanol–water partition coefficient (Wildman–Crippen LogP) is 6.60. The molecule has 2 heterocycles. The summed E-state index contributed by atoms with van der Waals surface area (Å²) >= 11 is 6.21. The first-order valence-corrected chi connectivity index (χ1v) is 11.8. The molecule has 3 aromatic rings. The van der Waals surface area contributed by atoms with Gasteiger partial charge in [0.05, 0.1) is 30.0 Å². The zero-order valence-electron chi connectivity index (χ0n) is 18.7. The van der Waals surface area contributed by atoms with Gasteiger partial charge >= 0.3 is 6.18 Å². The number of aromatic nitrogens is 1. The number of nitrogens with one attached hydrogen (secondary N) is 1. The van der Waals surface area contributed by atoms with Crippen LogP contribution in [0.5, 0.6) is 0 Å². The van der Waals surface area contributed by atoms with Gasteiger partial charge in [0.15, 0.2) is 0 Å². The second-order valence-electron chi connectivity index (χ2n) is 8.26. The highest BCUT2D eigenvalue weighted by molar-refractivity contribution is 6.31. The standard InChI is InChI=1S/C26H27ClF3N3O/c27-20-8-10-24-22(17-20)25(31-11-3-4-12-33-13-15-34-16-14-33)18-21(32-24)9-7-19-5-1-2-6-23(19)26(28,29)30/h1-2,5-10,17-18H,3-4,11-16H2,(H,31,32)/b9-7+. The number of anilines is 1. The van der Waals surface area contributed by atoms with Gasteiger partial charge < -0.3 is 10.1 Å². The lowest BCUT2D eigenvalue weighted by molar-refractivity contribution is -0.137. The van der Waals surface area contributed by atoms with E-state index in [1.807, 2.05) is 18.2 Å². The summed E-state index contributed by atoms with van der Waals surface area (Å²) in [7, 11) is 0. The summed E-state index contributed by atoms with van der Waals surface area (Å²) in [6.07, 6.45) is 0.716. The summed E-state index contributed by atoms with van der Waals surface area (Å²) in [5.41, 5.74) is 1.60. The summed E-state index contributed by atoms with van der Waals surface area (Å²) in [5.74, 6) is 0. The molecule has 0 amide bonds. The Morgan fingerprint density at radius 1 is 1.03 bits per heavy atom. The summed E-state index contributed by atoms with van der Waals surface area (Å²) in [5, 5.41) is 4.96. The Morgan fingerprint density at radius 3 is 2.62 bits per heavy atom. The van der Waals surface area contributed by atoms with Crippen molar-refractivity contribution in [1.29, 1.82) is 0 Å². The number of fused-ring (bicyclic) bond motifs is 1. The maximum absolute atomic E-state index is 13.3. The number of hydrogen-bond acceptors (Lipinski definition) is 4. The average Bonchev–Trinajstić information content (AvgIpc) is 2.83. The fraction of sp³-hybridized carbons (Fsp3) is 0.346. The minimum Gasteiger partial charge on any atom is -0.384 e. The third-order valence-electron chi connectivity index (χ3n) is 5.81. The first kappa shape index (κ1) is 24.5. The van der Waals surface area contributed by atoms with E-state index in [9.17, 15) is 13.2 Å². The Bertz CT molecular complexity index is 1140. The summed E-state index contributed by atoms with van der Waals surface area (Å²) in [6.45, 7) is 5.37. The highest BCUT2D eigenvalue weighted by atomic mass is 35.5. The van der Waals surface area contributed by atoms with Crippen LogP contribution in [-0.4, -0.2) is 49.3 Å². The number of hydrogen-bond donors (Lipinski definition) is 1. The molecule has 0 spiro atoms. The molecule has 4 nitrogen and oxygen atoms in total. The van der Waals surface area contributed by atoms with Gasteiger partial charge in [-0.05, 0) is 61.4 Å². The molecule has 0 bridgehead atoms. The molecular weight excluding hydrogens is 463 g/mol. The number of nitrogens with zero attached hydrogens (tertiary/aromatic N) is 2. The maximum Gasteiger partial charge on any atom is 0.416 e. The van der Waals surface area contributed by atoms with Crippen molar-refractivity contribution < 1.29 is 17.9 Å². The zero-order chi connectivity index (χ0) is 24.0. The minimum atomic E-state index is -4.41. The second kappa shape index (κ2) is 11.2. The molecular formula is C26H27ClF3N3O. The smallest absolute Gasteiger partial charge is 0.384 e. The summed E-state index contributed by atoms with van der Waals surface area (Å²) in [6, 6.07) is 12.8. The van der Waals surface area contributed by atoms with E-state index in [2.05, 4.69) is 15.2 Å². The predicted molar refractivity (Wildman–Crippen MR) is 132 cm³/mol. The van der Waals surface area contributed by atoms with E-state index < -0.39 is 11.7 Å². The Labute approximate surface area is 202 Å². The average molecular weight is 490 g/mol. The Balaban J connectivity index is 1.49. The van der Waals surface area contributed by atoms with Crippen molar-refractivity contribution in [3.8, 4) is 0 Å². The van der Waals surface area contributed by atoms with Crippen molar-refractivity contribution in [2.24, 2.45) is 0 Å². The van der Waals surface area contributed by atoms with Crippen molar-refractivity contribution in [3.05, 3.63) is 70.4 Å². The number of pyridine rings is 1. The molecule has 180 valence electrons. The molecule has 34 heavy (non-hydrogen) atoms. The number of rotatable bonds is 8. The zero-order valence-corrected chi connectivity index (χ0v) is 19.5. The maximum atomic E-state index is 13.3. The van der Waals surface area contributed by atoms with Gasteiger partial charge in [0.1, 0.15) is 0 Å². The highest BCUT2D eigenvalue weighted by Gasteiger charge is 2.32. The number of morpholine rings is 1. The minimum absolute atomic E-state index is 0.102. The molecule has 2 aromatic carbocycles. The van der Waals surface area contributed by atoms with E-state index >= 15 is 0 Å². The first-order valence-electron chi connectivity index (χ1n) is 11.4. The van der Waals surface area contributed by atoms with Crippen LogP contribution in [0.15, 0.2) is 48.5 Å². The molecule has 0 atom stereocenters. The molecule has 0 aliphatic carbocycles. The third kappa shape index (κ3) is 6.50. The van der Waals surface area contributed by atoms with Gasteiger partial charge in [0.2, 0.25) is 0 Å². The monoisotopic (exact) mass is 489 g/mol. The fourth-order valence-corrected chi connectivity index (χ4v) is 4.21. The van der Waals surface area contributed by atoms with Crippen LogP contribution in [0.3, 0.4) is 0 Å². The third-order valence-corrected chi connectivity index (χ3v) is 6.05. The molecule has 0 unspecified atom stereocenters. The lowest BCUT2D eigenvalue weighted by atomic mass is 10.1. The van der Waals surface area contributed by atoms with E-state index in [-0.39, 0.29) is 5.56 Å². The number of halogens is 4. The van der Waals surface area contributed by atoms with Gasteiger partial charge in [-0.1, -0.05) is 35.9 Å². The molecule has 1 aliphatic heterocycles. The van der Waals surface area contributed by atoms with E-state index in [4.69, 9.17) is 16.3 Å². The molecule has 0 saturated carbocycles. The van der Waals surface area contributed by atoms with E-state index in [0.717, 1.165) is 74.9 Å². The molecule has 1 aliphatic rings. The van der Waals surface area contributed by atoms with Crippen molar-refractivity contribution in [3.63, 3.8) is 0 Å². The van der Waals surface area contributed by atoms with E-state index in [1.165, 1.54) is 18.2 Å². The first-order chi connectivity index (χ1) is 16.4. The van der Waals surface area contributed by atoms with Crippen LogP contribution < -0.4 is 5.32 Å². The van der Waals surface area contributed by atoms with Crippen LogP contribution in [0.2, 0.25) is 5.02 Å².